The van der Waals surface area contributed by atoms with Crippen molar-refractivity contribution in [3.63, 3.8) is 0 Å². The molecule has 1 aromatic rings. The summed E-state index contributed by atoms with van der Waals surface area (Å²) in [6.07, 6.45) is -2.09. The van der Waals surface area contributed by atoms with Gasteiger partial charge in [0.25, 0.3) is 0 Å². The van der Waals surface area contributed by atoms with Crippen LogP contribution < -0.4 is 5.73 Å². The number of rotatable bonds is 4. The van der Waals surface area contributed by atoms with Crippen LogP contribution in [0.15, 0.2) is 18.2 Å². The van der Waals surface area contributed by atoms with E-state index in [4.69, 9.17) is 5.73 Å². The van der Waals surface area contributed by atoms with Crippen molar-refractivity contribution in [3.8, 4) is 11.5 Å². The van der Waals surface area contributed by atoms with Gasteiger partial charge in [0, 0.05) is 5.56 Å². The van der Waals surface area contributed by atoms with Crippen LogP contribution in [0.3, 0.4) is 0 Å². The zero-order valence-electron chi connectivity index (χ0n) is 9.26. The fourth-order valence-electron chi connectivity index (χ4n) is 1.34. The number of carbonyl (C=O) groups excluding carboxylic acids is 1. The van der Waals surface area contributed by atoms with Gasteiger partial charge in [-0.1, -0.05) is 12.1 Å². The van der Waals surface area contributed by atoms with E-state index in [2.05, 4.69) is 4.74 Å². The maximum Gasteiger partial charge on any atom is 0.342 e. The lowest BCUT2D eigenvalue weighted by Gasteiger charge is -2.17. The highest BCUT2D eigenvalue weighted by molar-refractivity contribution is 5.76. The summed E-state index contributed by atoms with van der Waals surface area (Å²) >= 11 is 0. The monoisotopic (exact) mass is 243 g/mol. The highest BCUT2D eigenvalue weighted by Crippen LogP contribution is 2.33. The number of para-hydroxylation sites is 1. The minimum Gasteiger partial charge on any atom is -0.504 e. The molecule has 0 radical (unpaired) electrons. The molecule has 17 heavy (non-hydrogen) atoms. The van der Waals surface area contributed by atoms with Crippen LogP contribution >= 0.6 is 0 Å². The standard InChI is InChI=1S/C11H14FNO4/c1-2-17-11(16)8(12)9(13)6-4-3-5-7(14)10(6)15/h3-5,8-9,14-15H,2,13H2,1H3/t8?,9-/m1/s1. The molecule has 2 atom stereocenters. The van der Waals surface area contributed by atoms with E-state index < -0.39 is 29.7 Å². The van der Waals surface area contributed by atoms with Crippen LogP contribution in [0.1, 0.15) is 18.5 Å². The molecule has 1 rings (SSSR count). The number of esters is 1. The Labute approximate surface area is 97.6 Å². The maximum atomic E-state index is 13.6. The highest BCUT2D eigenvalue weighted by atomic mass is 19.1. The van der Waals surface area contributed by atoms with Gasteiger partial charge in [-0.05, 0) is 13.0 Å². The summed E-state index contributed by atoms with van der Waals surface area (Å²) in [4.78, 5) is 11.1. The first-order chi connectivity index (χ1) is 7.99. The highest BCUT2D eigenvalue weighted by Gasteiger charge is 2.30. The lowest BCUT2D eigenvalue weighted by molar-refractivity contribution is -0.149. The molecule has 0 spiro atoms. The molecule has 6 heteroatoms. The third-order valence-corrected chi connectivity index (χ3v) is 2.23. The van der Waals surface area contributed by atoms with Crippen molar-refractivity contribution in [2.75, 3.05) is 6.61 Å². The third-order valence-electron chi connectivity index (χ3n) is 2.23. The third kappa shape index (κ3) is 2.85. The molecule has 1 unspecified atom stereocenters. The molecule has 0 fully saturated rings. The molecule has 0 aliphatic rings. The SMILES string of the molecule is CCOC(=O)C(F)[C@H](N)c1cccc(O)c1O. The molecule has 0 bridgehead atoms. The predicted octanol–water partition coefficient (Wildman–Crippen LogP) is 0.999. The zero-order valence-corrected chi connectivity index (χ0v) is 9.26. The molecule has 0 heterocycles. The van der Waals surface area contributed by atoms with Gasteiger partial charge in [0.05, 0.1) is 12.6 Å². The van der Waals surface area contributed by atoms with Gasteiger partial charge in [-0.3, -0.25) is 0 Å². The molecular weight excluding hydrogens is 229 g/mol. The fraction of sp³-hybridized carbons (Fsp3) is 0.364. The fourth-order valence-corrected chi connectivity index (χ4v) is 1.34. The molecule has 0 aliphatic heterocycles. The summed E-state index contributed by atoms with van der Waals surface area (Å²) in [5, 5.41) is 18.7. The quantitative estimate of drug-likeness (QED) is 0.542. The van der Waals surface area contributed by atoms with Crippen molar-refractivity contribution in [1.29, 1.82) is 0 Å². The first-order valence-corrected chi connectivity index (χ1v) is 5.06. The van der Waals surface area contributed by atoms with E-state index in [0.29, 0.717) is 0 Å². The lowest BCUT2D eigenvalue weighted by Crippen LogP contribution is -2.31. The average Bonchev–Trinajstić information content (AvgIpc) is 2.31. The minimum atomic E-state index is -2.09. The van der Waals surface area contributed by atoms with Gasteiger partial charge >= 0.3 is 5.97 Å². The number of carbonyl (C=O) groups is 1. The van der Waals surface area contributed by atoms with Crippen LogP contribution in [-0.2, 0) is 9.53 Å². The average molecular weight is 243 g/mol. The predicted molar refractivity (Wildman–Crippen MR) is 58.2 cm³/mol. The number of phenolic OH excluding ortho intramolecular Hbond substituents is 2. The second-order valence-electron chi connectivity index (χ2n) is 3.39. The van der Waals surface area contributed by atoms with Crippen LogP contribution in [0, 0.1) is 0 Å². The summed E-state index contributed by atoms with van der Waals surface area (Å²) < 4.78 is 18.1. The van der Waals surface area contributed by atoms with Crippen molar-refractivity contribution < 1.29 is 24.1 Å². The summed E-state index contributed by atoms with van der Waals surface area (Å²) in [5.41, 5.74) is 5.44. The smallest absolute Gasteiger partial charge is 0.342 e. The first kappa shape index (κ1) is 13.2. The summed E-state index contributed by atoms with van der Waals surface area (Å²) in [7, 11) is 0. The molecule has 1 aromatic carbocycles. The van der Waals surface area contributed by atoms with Crippen LogP contribution in [0.4, 0.5) is 4.39 Å². The number of hydrogen-bond donors (Lipinski definition) is 3. The van der Waals surface area contributed by atoms with Gasteiger partial charge in [0.1, 0.15) is 0 Å². The molecule has 0 amide bonds. The van der Waals surface area contributed by atoms with Crippen LogP contribution in [0.2, 0.25) is 0 Å². The Morgan fingerprint density at radius 1 is 1.53 bits per heavy atom. The Kier molecular flexibility index (Phi) is 4.28. The molecule has 4 N–H and O–H groups in total. The van der Waals surface area contributed by atoms with Crippen molar-refractivity contribution in [1.82, 2.24) is 0 Å². The number of benzene rings is 1. The minimum absolute atomic E-state index is 0.0397. The van der Waals surface area contributed by atoms with Gasteiger partial charge in [0.2, 0.25) is 6.17 Å². The van der Waals surface area contributed by atoms with E-state index in [1.54, 1.807) is 6.92 Å². The molecule has 0 saturated heterocycles. The number of phenols is 2. The second kappa shape index (κ2) is 5.49. The zero-order chi connectivity index (χ0) is 13.0. The number of aromatic hydroxyl groups is 2. The Morgan fingerprint density at radius 2 is 2.18 bits per heavy atom. The van der Waals surface area contributed by atoms with Gasteiger partial charge in [-0.25, -0.2) is 9.18 Å². The number of nitrogens with two attached hydrogens (primary N) is 1. The van der Waals surface area contributed by atoms with Gasteiger partial charge in [-0.15, -0.1) is 0 Å². The first-order valence-electron chi connectivity index (χ1n) is 5.06. The van der Waals surface area contributed by atoms with Crippen LogP contribution in [0.5, 0.6) is 11.5 Å². The van der Waals surface area contributed by atoms with E-state index in [0.717, 1.165) is 0 Å². The van der Waals surface area contributed by atoms with Gasteiger partial charge in [-0.2, -0.15) is 0 Å². The Bertz CT molecular complexity index is 410. The largest absolute Gasteiger partial charge is 0.504 e. The molecule has 0 aliphatic carbocycles. The molecule has 5 nitrogen and oxygen atoms in total. The van der Waals surface area contributed by atoms with E-state index in [-0.39, 0.29) is 12.2 Å². The lowest BCUT2D eigenvalue weighted by atomic mass is 10.0. The molecular formula is C11H14FNO4. The number of ether oxygens (including phenoxy) is 1. The van der Waals surface area contributed by atoms with E-state index in [1.807, 2.05) is 0 Å². The second-order valence-corrected chi connectivity index (χ2v) is 3.39. The van der Waals surface area contributed by atoms with E-state index in [9.17, 15) is 19.4 Å². The Hall–Kier alpha value is -1.82. The summed E-state index contributed by atoms with van der Waals surface area (Å²) in [6, 6.07) is 2.55. The van der Waals surface area contributed by atoms with Crippen molar-refractivity contribution in [3.05, 3.63) is 23.8 Å². The van der Waals surface area contributed by atoms with Crippen molar-refractivity contribution in [2.24, 2.45) is 5.73 Å². The van der Waals surface area contributed by atoms with Crippen LogP contribution in [0.25, 0.3) is 0 Å². The van der Waals surface area contributed by atoms with Crippen molar-refractivity contribution in [2.45, 2.75) is 19.1 Å². The van der Waals surface area contributed by atoms with E-state index in [1.165, 1.54) is 18.2 Å². The Balaban J connectivity index is 2.92. The Morgan fingerprint density at radius 3 is 2.76 bits per heavy atom. The molecule has 0 aromatic heterocycles. The number of alkyl halides is 1. The van der Waals surface area contributed by atoms with Gasteiger partial charge in [0.15, 0.2) is 11.5 Å². The molecule has 94 valence electrons. The topological polar surface area (TPSA) is 92.8 Å². The maximum absolute atomic E-state index is 13.6. The van der Waals surface area contributed by atoms with E-state index >= 15 is 0 Å². The number of hydrogen-bond acceptors (Lipinski definition) is 5. The van der Waals surface area contributed by atoms with Crippen molar-refractivity contribution >= 4 is 5.97 Å². The van der Waals surface area contributed by atoms with Crippen LogP contribution in [-0.4, -0.2) is 29.0 Å². The molecule has 0 saturated carbocycles. The summed E-state index contributed by atoms with van der Waals surface area (Å²) in [6.45, 7) is 1.58. The normalized spacial score (nSPS) is 14.1. The summed E-state index contributed by atoms with van der Waals surface area (Å²) in [5.74, 6) is -2.05. The number of halogens is 1. The van der Waals surface area contributed by atoms with Gasteiger partial charge < -0.3 is 20.7 Å².